The molecule has 3 aromatic rings. The van der Waals surface area contributed by atoms with Crippen LogP contribution in [0, 0.1) is 10.1 Å². The van der Waals surface area contributed by atoms with Crippen LogP contribution in [0.1, 0.15) is 15.9 Å². The lowest BCUT2D eigenvalue weighted by atomic mass is 10.2. The molecule has 0 fully saturated rings. The molecule has 0 saturated heterocycles. The van der Waals surface area contributed by atoms with Crippen LogP contribution < -0.4 is 5.32 Å². The van der Waals surface area contributed by atoms with Crippen molar-refractivity contribution in [3.05, 3.63) is 86.0 Å². The van der Waals surface area contributed by atoms with E-state index in [-0.39, 0.29) is 22.1 Å². The van der Waals surface area contributed by atoms with Crippen molar-refractivity contribution in [2.75, 3.05) is 5.32 Å². The molecular formula is C17H12Cl2N4O3. The number of nitrogens with one attached hydrogen (secondary N) is 1. The summed E-state index contributed by atoms with van der Waals surface area (Å²) in [5.41, 5.74) is 1.03. The van der Waals surface area contributed by atoms with Crippen molar-refractivity contribution in [3.63, 3.8) is 0 Å². The van der Waals surface area contributed by atoms with Crippen LogP contribution in [-0.2, 0) is 6.54 Å². The van der Waals surface area contributed by atoms with Gasteiger partial charge >= 0.3 is 0 Å². The molecule has 1 heterocycles. The molecule has 0 radical (unpaired) electrons. The number of nitro benzene ring substituents is 1. The van der Waals surface area contributed by atoms with Crippen LogP contribution in [0.4, 0.5) is 11.5 Å². The molecule has 0 bridgehead atoms. The van der Waals surface area contributed by atoms with E-state index in [9.17, 15) is 14.9 Å². The van der Waals surface area contributed by atoms with E-state index in [1.165, 1.54) is 24.3 Å². The van der Waals surface area contributed by atoms with Crippen LogP contribution in [0.5, 0.6) is 0 Å². The fourth-order valence-corrected chi connectivity index (χ4v) is 2.67. The number of carbonyl (C=O) groups excluding carboxylic acids is 1. The summed E-state index contributed by atoms with van der Waals surface area (Å²) >= 11 is 12.3. The van der Waals surface area contributed by atoms with Gasteiger partial charge in [0.1, 0.15) is 5.02 Å². The van der Waals surface area contributed by atoms with Crippen molar-refractivity contribution in [2.24, 2.45) is 0 Å². The predicted molar refractivity (Wildman–Crippen MR) is 98.8 cm³/mol. The predicted octanol–water partition coefficient (Wildman–Crippen LogP) is 4.40. The molecule has 1 N–H and O–H groups in total. The number of halogens is 2. The molecule has 0 saturated carbocycles. The Kier molecular flexibility index (Phi) is 5.20. The summed E-state index contributed by atoms with van der Waals surface area (Å²) in [6.07, 6.45) is 1.58. The average Bonchev–Trinajstić information content (AvgIpc) is 2.96. The molecule has 0 atom stereocenters. The summed E-state index contributed by atoms with van der Waals surface area (Å²) in [5.74, 6) is -0.271. The maximum absolute atomic E-state index is 12.3. The topological polar surface area (TPSA) is 90.1 Å². The number of amides is 1. The molecule has 132 valence electrons. The average molecular weight is 391 g/mol. The lowest BCUT2D eigenvalue weighted by molar-refractivity contribution is -0.384. The van der Waals surface area contributed by atoms with Crippen LogP contribution >= 0.6 is 23.2 Å². The first kappa shape index (κ1) is 17.9. The number of non-ortho nitro benzene ring substituents is 1. The number of rotatable bonds is 5. The van der Waals surface area contributed by atoms with E-state index in [0.717, 1.165) is 5.56 Å². The molecule has 0 aliphatic rings. The van der Waals surface area contributed by atoms with Gasteiger partial charge in [0.2, 0.25) is 0 Å². The highest BCUT2D eigenvalue weighted by atomic mass is 35.5. The molecule has 0 aliphatic heterocycles. The van der Waals surface area contributed by atoms with Gasteiger partial charge in [0.05, 0.1) is 11.5 Å². The summed E-state index contributed by atoms with van der Waals surface area (Å²) in [6.45, 7) is 0.396. The molecule has 0 spiro atoms. The van der Waals surface area contributed by atoms with Gasteiger partial charge in [-0.05, 0) is 23.8 Å². The number of nitro groups is 1. The highest BCUT2D eigenvalue weighted by Gasteiger charge is 2.14. The third-order valence-electron chi connectivity index (χ3n) is 3.58. The summed E-state index contributed by atoms with van der Waals surface area (Å²) in [5, 5.41) is 18.4. The number of carbonyl (C=O) groups is 1. The van der Waals surface area contributed by atoms with E-state index in [1.807, 2.05) is 18.2 Å². The third-order valence-corrected chi connectivity index (χ3v) is 4.22. The van der Waals surface area contributed by atoms with Gasteiger partial charge in [-0.25, -0.2) is 0 Å². The number of nitrogens with zero attached hydrogens (tertiary/aromatic N) is 3. The maximum atomic E-state index is 12.3. The number of benzene rings is 2. The molecule has 3 rings (SSSR count). The zero-order valence-electron chi connectivity index (χ0n) is 13.2. The second kappa shape index (κ2) is 7.55. The number of aromatic nitrogens is 2. The van der Waals surface area contributed by atoms with Crippen molar-refractivity contribution in [2.45, 2.75) is 6.54 Å². The number of anilines is 1. The molecule has 1 amide bonds. The Bertz CT molecular complexity index is 970. The van der Waals surface area contributed by atoms with Gasteiger partial charge < -0.3 is 5.32 Å². The minimum atomic E-state index is -0.533. The summed E-state index contributed by atoms with van der Waals surface area (Å²) < 4.78 is 1.56. The smallest absolute Gasteiger partial charge is 0.269 e. The SMILES string of the molecule is O=C(Nc1nn(Cc2ccccc2Cl)cc1Cl)c1ccc([N+](=O)[O-])cc1. The Morgan fingerprint density at radius 3 is 2.46 bits per heavy atom. The zero-order chi connectivity index (χ0) is 18.7. The lowest BCUT2D eigenvalue weighted by Crippen LogP contribution is -2.13. The van der Waals surface area contributed by atoms with Crippen molar-refractivity contribution in [1.29, 1.82) is 0 Å². The molecule has 0 unspecified atom stereocenters. The van der Waals surface area contributed by atoms with Gasteiger partial charge in [-0.2, -0.15) is 5.10 Å². The van der Waals surface area contributed by atoms with Gasteiger partial charge in [0, 0.05) is 28.9 Å². The van der Waals surface area contributed by atoms with E-state index in [1.54, 1.807) is 16.9 Å². The molecule has 2 aromatic carbocycles. The van der Waals surface area contributed by atoms with Gasteiger partial charge in [-0.3, -0.25) is 19.6 Å². The summed E-state index contributed by atoms with van der Waals surface area (Å²) in [4.78, 5) is 22.4. The van der Waals surface area contributed by atoms with Crippen molar-refractivity contribution >= 4 is 40.6 Å². The van der Waals surface area contributed by atoms with Crippen LogP contribution in [0.3, 0.4) is 0 Å². The number of hydrogen-bond donors (Lipinski definition) is 1. The first-order valence-electron chi connectivity index (χ1n) is 7.46. The van der Waals surface area contributed by atoms with Crippen LogP contribution in [0.15, 0.2) is 54.7 Å². The standard InChI is InChI=1S/C17H12Cl2N4O3/c18-14-4-2-1-3-12(14)9-22-10-15(19)16(21-22)20-17(24)11-5-7-13(8-6-11)23(25)26/h1-8,10H,9H2,(H,20,21,24). The van der Waals surface area contributed by atoms with Gasteiger partial charge in [-0.1, -0.05) is 41.4 Å². The Balaban J connectivity index is 1.74. The molecular weight excluding hydrogens is 379 g/mol. The quantitative estimate of drug-likeness (QED) is 0.516. The normalized spacial score (nSPS) is 10.5. The van der Waals surface area contributed by atoms with Crippen molar-refractivity contribution in [1.82, 2.24) is 9.78 Å². The maximum Gasteiger partial charge on any atom is 0.269 e. The molecule has 7 nitrogen and oxygen atoms in total. The van der Waals surface area contributed by atoms with Crippen LogP contribution in [0.25, 0.3) is 0 Å². The first-order valence-corrected chi connectivity index (χ1v) is 8.22. The van der Waals surface area contributed by atoms with Crippen molar-refractivity contribution < 1.29 is 9.72 Å². The Morgan fingerprint density at radius 2 is 1.81 bits per heavy atom. The second-order valence-electron chi connectivity index (χ2n) is 5.37. The Morgan fingerprint density at radius 1 is 1.12 bits per heavy atom. The fourth-order valence-electron chi connectivity index (χ4n) is 2.28. The van der Waals surface area contributed by atoms with E-state index < -0.39 is 10.8 Å². The minimum Gasteiger partial charge on any atom is -0.304 e. The molecule has 9 heteroatoms. The first-order chi connectivity index (χ1) is 12.4. The third kappa shape index (κ3) is 4.01. The van der Waals surface area contributed by atoms with Gasteiger partial charge in [-0.15, -0.1) is 0 Å². The van der Waals surface area contributed by atoms with Crippen LogP contribution in [-0.4, -0.2) is 20.6 Å². The zero-order valence-corrected chi connectivity index (χ0v) is 14.7. The van der Waals surface area contributed by atoms with E-state index in [2.05, 4.69) is 10.4 Å². The molecule has 0 aliphatic carbocycles. The highest BCUT2D eigenvalue weighted by Crippen LogP contribution is 2.23. The number of hydrogen-bond acceptors (Lipinski definition) is 4. The van der Waals surface area contributed by atoms with Crippen LogP contribution in [0.2, 0.25) is 10.0 Å². The van der Waals surface area contributed by atoms with E-state index in [0.29, 0.717) is 11.6 Å². The molecule has 26 heavy (non-hydrogen) atoms. The summed E-state index contributed by atoms with van der Waals surface area (Å²) in [6, 6.07) is 12.6. The summed E-state index contributed by atoms with van der Waals surface area (Å²) in [7, 11) is 0. The second-order valence-corrected chi connectivity index (χ2v) is 6.19. The molecule has 1 aromatic heterocycles. The van der Waals surface area contributed by atoms with Gasteiger partial charge in [0.25, 0.3) is 11.6 Å². The van der Waals surface area contributed by atoms with E-state index in [4.69, 9.17) is 23.2 Å². The monoisotopic (exact) mass is 390 g/mol. The minimum absolute atomic E-state index is 0.0939. The lowest BCUT2D eigenvalue weighted by Gasteiger charge is -2.04. The largest absolute Gasteiger partial charge is 0.304 e. The van der Waals surface area contributed by atoms with E-state index >= 15 is 0 Å². The Hall–Kier alpha value is -2.90. The fraction of sp³-hybridized carbons (Fsp3) is 0.0588. The van der Waals surface area contributed by atoms with Gasteiger partial charge in [0.15, 0.2) is 5.82 Å². The highest BCUT2D eigenvalue weighted by molar-refractivity contribution is 6.33. The van der Waals surface area contributed by atoms with Crippen molar-refractivity contribution in [3.8, 4) is 0 Å². The Labute approximate surface area is 158 Å².